The van der Waals surface area contributed by atoms with Crippen molar-refractivity contribution in [2.24, 2.45) is 0 Å². The van der Waals surface area contributed by atoms with E-state index in [1.54, 1.807) is 36.4 Å². The Hall–Kier alpha value is -2.66. The number of amides is 1. The Kier molecular flexibility index (Phi) is 8.20. The first-order chi connectivity index (χ1) is 13.4. The molecule has 1 amide bonds. The van der Waals surface area contributed by atoms with Crippen molar-refractivity contribution in [2.45, 2.75) is 39.8 Å². The Labute approximate surface area is 167 Å². The first kappa shape index (κ1) is 21.6. The predicted molar refractivity (Wildman–Crippen MR) is 111 cm³/mol. The van der Waals surface area contributed by atoms with Gasteiger partial charge in [0.05, 0.1) is 25.2 Å². The van der Waals surface area contributed by atoms with E-state index in [2.05, 4.69) is 33.0 Å². The molecule has 2 aromatic rings. The van der Waals surface area contributed by atoms with Crippen LogP contribution >= 0.6 is 0 Å². The van der Waals surface area contributed by atoms with Gasteiger partial charge < -0.3 is 15.0 Å². The molecule has 0 bridgehead atoms. The van der Waals surface area contributed by atoms with Gasteiger partial charge in [0, 0.05) is 11.1 Å². The number of quaternary nitrogens is 1. The second-order valence-electron chi connectivity index (χ2n) is 7.49. The van der Waals surface area contributed by atoms with Gasteiger partial charge in [-0.15, -0.1) is 0 Å². The van der Waals surface area contributed by atoms with Crippen molar-refractivity contribution in [2.75, 3.05) is 19.7 Å². The molecule has 0 saturated carbocycles. The van der Waals surface area contributed by atoms with E-state index in [9.17, 15) is 9.59 Å². The minimum absolute atomic E-state index is 0.0350. The van der Waals surface area contributed by atoms with Crippen LogP contribution in [0.3, 0.4) is 0 Å². The van der Waals surface area contributed by atoms with Crippen LogP contribution in [0.4, 0.5) is 0 Å². The maximum absolute atomic E-state index is 12.4. The van der Waals surface area contributed by atoms with Crippen molar-refractivity contribution in [3.05, 3.63) is 65.7 Å². The summed E-state index contributed by atoms with van der Waals surface area (Å²) >= 11 is 0. The van der Waals surface area contributed by atoms with Gasteiger partial charge in [-0.2, -0.15) is 0 Å². The molecule has 0 atom stereocenters. The van der Waals surface area contributed by atoms with E-state index in [1.165, 1.54) is 4.90 Å². The molecular weight excluding hydrogens is 352 g/mol. The lowest BCUT2D eigenvalue weighted by molar-refractivity contribution is -0.941. The van der Waals surface area contributed by atoms with Gasteiger partial charge in [-0.05, 0) is 52.0 Å². The molecule has 5 heteroatoms. The maximum Gasteiger partial charge on any atom is 0.258 e. The highest BCUT2D eigenvalue weighted by Crippen LogP contribution is 2.15. The lowest BCUT2D eigenvalue weighted by atomic mass is 10.0. The molecule has 0 aliphatic heterocycles. The van der Waals surface area contributed by atoms with Gasteiger partial charge >= 0.3 is 0 Å². The second kappa shape index (κ2) is 10.6. The van der Waals surface area contributed by atoms with E-state index in [1.807, 2.05) is 18.2 Å². The molecule has 2 rings (SSSR count). The van der Waals surface area contributed by atoms with Gasteiger partial charge in [-0.1, -0.05) is 30.3 Å². The molecule has 0 aliphatic carbocycles. The van der Waals surface area contributed by atoms with Gasteiger partial charge in [-0.3, -0.25) is 9.59 Å². The minimum Gasteiger partial charge on any atom is -0.484 e. The zero-order valence-corrected chi connectivity index (χ0v) is 17.2. The molecule has 0 aliphatic rings. The van der Waals surface area contributed by atoms with Crippen LogP contribution < -0.4 is 15.0 Å². The Morgan fingerprint density at radius 1 is 0.893 bits per heavy atom. The van der Waals surface area contributed by atoms with Crippen LogP contribution in [0.15, 0.2) is 54.6 Å². The molecule has 0 aromatic heterocycles. The van der Waals surface area contributed by atoms with Crippen molar-refractivity contribution in [3.63, 3.8) is 0 Å². The number of nitrogens with one attached hydrogen (secondary N) is 2. The van der Waals surface area contributed by atoms with E-state index in [-0.39, 0.29) is 18.3 Å². The van der Waals surface area contributed by atoms with Crippen LogP contribution in [0.25, 0.3) is 0 Å². The zero-order chi connectivity index (χ0) is 20.5. The molecule has 0 saturated heterocycles. The summed E-state index contributed by atoms with van der Waals surface area (Å²) in [6.07, 6.45) is 0. The molecule has 0 fully saturated rings. The SMILES string of the molecule is CC(C)[NH+](CCNC(=O)COc1ccc(C(=O)c2ccccc2)cc1)C(C)C. The van der Waals surface area contributed by atoms with Crippen LogP contribution in [0, 0.1) is 0 Å². The number of benzene rings is 2. The molecule has 2 N–H and O–H groups in total. The summed E-state index contributed by atoms with van der Waals surface area (Å²) in [5.41, 5.74) is 1.24. The maximum atomic E-state index is 12.4. The fourth-order valence-corrected chi connectivity index (χ4v) is 3.25. The molecule has 0 unspecified atom stereocenters. The highest BCUT2D eigenvalue weighted by Gasteiger charge is 2.16. The fraction of sp³-hybridized carbons (Fsp3) is 0.391. The van der Waals surface area contributed by atoms with Crippen LogP contribution in [0.1, 0.15) is 43.6 Å². The average Bonchev–Trinajstić information content (AvgIpc) is 2.69. The van der Waals surface area contributed by atoms with Crippen LogP contribution in [0.2, 0.25) is 0 Å². The van der Waals surface area contributed by atoms with Gasteiger partial charge in [0.2, 0.25) is 0 Å². The van der Waals surface area contributed by atoms with Crippen LogP contribution in [-0.2, 0) is 4.79 Å². The highest BCUT2D eigenvalue weighted by molar-refractivity contribution is 6.08. The lowest BCUT2D eigenvalue weighted by Crippen LogP contribution is -3.18. The Balaban J connectivity index is 1.78. The summed E-state index contributed by atoms with van der Waals surface area (Å²) in [7, 11) is 0. The minimum atomic E-state index is -0.142. The highest BCUT2D eigenvalue weighted by atomic mass is 16.5. The van der Waals surface area contributed by atoms with E-state index in [4.69, 9.17) is 4.74 Å². The van der Waals surface area contributed by atoms with Crippen molar-refractivity contribution in [1.29, 1.82) is 0 Å². The lowest BCUT2D eigenvalue weighted by Gasteiger charge is -2.27. The van der Waals surface area contributed by atoms with E-state index < -0.39 is 0 Å². The largest absolute Gasteiger partial charge is 0.484 e. The number of hydrogen-bond donors (Lipinski definition) is 2. The predicted octanol–water partition coefficient (Wildman–Crippen LogP) is 2.11. The smallest absolute Gasteiger partial charge is 0.258 e. The van der Waals surface area contributed by atoms with Gasteiger partial charge in [-0.25, -0.2) is 0 Å². The van der Waals surface area contributed by atoms with E-state index in [0.717, 1.165) is 6.54 Å². The summed E-state index contributed by atoms with van der Waals surface area (Å²) in [6.45, 7) is 10.2. The molecule has 2 aromatic carbocycles. The summed E-state index contributed by atoms with van der Waals surface area (Å²) < 4.78 is 5.53. The molecule has 0 radical (unpaired) electrons. The summed E-state index contributed by atoms with van der Waals surface area (Å²) in [4.78, 5) is 25.8. The van der Waals surface area contributed by atoms with Gasteiger partial charge in [0.1, 0.15) is 5.75 Å². The zero-order valence-electron chi connectivity index (χ0n) is 17.2. The molecule has 0 heterocycles. The number of ketones is 1. The van der Waals surface area contributed by atoms with Gasteiger partial charge in [0.25, 0.3) is 5.91 Å². The van der Waals surface area contributed by atoms with E-state index in [0.29, 0.717) is 35.5 Å². The number of rotatable bonds is 10. The van der Waals surface area contributed by atoms with Crippen molar-refractivity contribution >= 4 is 11.7 Å². The summed E-state index contributed by atoms with van der Waals surface area (Å²) in [5, 5.41) is 2.91. The van der Waals surface area contributed by atoms with E-state index >= 15 is 0 Å². The van der Waals surface area contributed by atoms with Crippen molar-refractivity contribution in [1.82, 2.24) is 5.32 Å². The number of carbonyl (C=O) groups is 2. The fourth-order valence-electron chi connectivity index (χ4n) is 3.25. The normalized spacial score (nSPS) is 11.1. The second-order valence-corrected chi connectivity index (χ2v) is 7.49. The first-order valence-corrected chi connectivity index (χ1v) is 9.83. The molecule has 150 valence electrons. The third-order valence-electron chi connectivity index (χ3n) is 4.74. The molecular formula is C23H31N2O3+. The third-order valence-corrected chi connectivity index (χ3v) is 4.74. The first-order valence-electron chi connectivity index (χ1n) is 9.83. The molecule has 0 spiro atoms. The Morgan fingerprint density at radius 2 is 1.46 bits per heavy atom. The van der Waals surface area contributed by atoms with Crippen LogP contribution in [0.5, 0.6) is 5.75 Å². The third kappa shape index (κ3) is 6.50. The monoisotopic (exact) mass is 383 g/mol. The summed E-state index contributed by atoms with van der Waals surface area (Å²) in [6, 6.07) is 17.0. The topological polar surface area (TPSA) is 59.8 Å². The molecule has 28 heavy (non-hydrogen) atoms. The van der Waals surface area contributed by atoms with Gasteiger partial charge in [0.15, 0.2) is 12.4 Å². The Morgan fingerprint density at radius 3 is 2.04 bits per heavy atom. The van der Waals surface area contributed by atoms with Crippen molar-refractivity contribution < 1.29 is 19.2 Å². The molecule has 5 nitrogen and oxygen atoms in total. The standard InChI is InChI=1S/C23H30N2O3/c1-17(2)25(18(3)4)15-14-24-22(26)16-28-21-12-10-20(11-13-21)23(27)19-8-6-5-7-9-19/h5-13,17-18H,14-16H2,1-4H3,(H,24,26)/p+1. The quantitative estimate of drug-likeness (QED) is 0.618. The number of hydrogen-bond acceptors (Lipinski definition) is 3. The summed E-state index contributed by atoms with van der Waals surface area (Å²) in [5.74, 6) is 0.389. The average molecular weight is 384 g/mol. The van der Waals surface area contributed by atoms with Crippen LogP contribution in [-0.4, -0.2) is 43.5 Å². The number of ether oxygens (including phenoxy) is 1. The number of carbonyl (C=O) groups excluding carboxylic acids is 2. The Bertz CT molecular complexity index is 747. The van der Waals surface area contributed by atoms with Crippen molar-refractivity contribution in [3.8, 4) is 5.75 Å².